The van der Waals surface area contributed by atoms with E-state index in [1.54, 1.807) is 26.0 Å². The van der Waals surface area contributed by atoms with Crippen molar-refractivity contribution < 1.29 is 38.3 Å². The van der Waals surface area contributed by atoms with E-state index in [1.165, 1.54) is 6.92 Å². The van der Waals surface area contributed by atoms with Crippen LogP contribution in [0.15, 0.2) is 36.6 Å². The van der Waals surface area contributed by atoms with Gasteiger partial charge in [-0.15, -0.1) is 11.8 Å². The summed E-state index contributed by atoms with van der Waals surface area (Å²) in [4.78, 5) is 21.7. The van der Waals surface area contributed by atoms with Crippen molar-refractivity contribution in [3.8, 4) is 34.5 Å². The number of methoxy groups -OCH3 is 2. The lowest BCUT2D eigenvalue weighted by Gasteiger charge is -2.60. The molecule has 294 valence electrons. The summed E-state index contributed by atoms with van der Waals surface area (Å²) in [7, 11) is 5.44. The van der Waals surface area contributed by atoms with Crippen LogP contribution in [-0.2, 0) is 27.9 Å². The van der Waals surface area contributed by atoms with Gasteiger partial charge in [-0.2, -0.15) is 0 Å². The van der Waals surface area contributed by atoms with Gasteiger partial charge < -0.3 is 38.5 Å². The Bertz CT molecular complexity index is 2360. The number of aromatic nitrogens is 1. The SMILES string of the molecule is C=C1OC[C@H]2c3c4c(c(C)c(OC(C)=O)c3[C@@H](SC[C@@]13c1[nH]c5ccc(OC)cc5c1CCN3N)C1[C@@H]3c5c(cc(C)c(OC)c5O)C[C@@H](CN12)N3C)OCO4. The molecule has 13 nitrogen and oxygen atoms in total. The number of aromatic amines is 1. The smallest absolute Gasteiger partial charge is 0.308 e. The van der Waals surface area contributed by atoms with Crippen LogP contribution >= 0.6 is 11.8 Å². The molecule has 1 unspecified atom stereocenters. The summed E-state index contributed by atoms with van der Waals surface area (Å²) in [5.41, 5.74) is 7.51. The molecule has 14 heteroatoms. The normalized spacial score (nSPS) is 28.0. The van der Waals surface area contributed by atoms with Crippen LogP contribution in [-0.4, -0.2) is 96.5 Å². The summed E-state index contributed by atoms with van der Waals surface area (Å²) < 4.78 is 37.1. The summed E-state index contributed by atoms with van der Waals surface area (Å²) >= 11 is 1.74. The van der Waals surface area contributed by atoms with Crippen molar-refractivity contribution >= 4 is 28.6 Å². The Labute approximate surface area is 329 Å². The number of likely N-dealkylation sites (N-methyl/N-ethyl adjacent to an activating group) is 1. The molecule has 2 saturated heterocycles. The summed E-state index contributed by atoms with van der Waals surface area (Å²) in [6, 6.07) is 7.55. The van der Waals surface area contributed by atoms with Gasteiger partial charge >= 0.3 is 5.97 Å². The van der Waals surface area contributed by atoms with Gasteiger partial charge in [-0.3, -0.25) is 20.4 Å². The van der Waals surface area contributed by atoms with Gasteiger partial charge in [0.1, 0.15) is 29.4 Å². The molecule has 4 N–H and O–H groups in total. The second-order valence-corrected chi connectivity index (χ2v) is 17.0. The van der Waals surface area contributed by atoms with E-state index in [0.717, 1.165) is 75.1 Å². The van der Waals surface area contributed by atoms with Crippen molar-refractivity contribution in [1.82, 2.24) is 19.8 Å². The fourth-order valence-electron chi connectivity index (χ4n) is 10.7. The maximum absolute atomic E-state index is 13.0. The third-order valence-electron chi connectivity index (χ3n) is 13.3. The van der Waals surface area contributed by atoms with Crippen LogP contribution in [0.3, 0.4) is 0 Å². The number of fused-ring (bicyclic) bond motifs is 11. The third kappa shape index (κ3) is 4.73. The predicted molar refractivity (Wildman–Crippen MR) is 211 cm³/mol. The number of nitrogens with zero attached hydrogens (tertiary/aromatic N) is 3. The first-order valence-electron chi connectivity index (χ1n) is 19.1. The van der Waals surface area contributed by atoms with Crippen LogP contribution in [0.4, 0.5) is 0 Å². The minimum Gasteiger partial charge on any atom is -0.504 e. The number of benzene rings is 3. The Kier molecular flexibility index (Phi) is 8.12. The third-order valence-corrected chi connectivity index (χ3v) is 14.7. The van der Waals surface area contributed by atoms with E-state index in [9.17, 15) is 9.90 Å². The Balaban J connectivity index is 1.23. The second-order valence-electron chi connectivity index (χ2n) is 15.9. The monoisotopic (exact) mass is 781 g/mol. The van der Waals surface area contributed by atoms with Gasteiger partial charge in [-0.25, -0.2) is 5.01 Å². The lowest BCUT2D eigenvalue weighted by atomic mass is 9.73. The van der Waals surface area contributed by atoms with Crippen molar-refractivity contribution in [1.29, 1.82) is 0 Å². The number of piperazine rings is 1. The molecule has 1 spiro atoms. The molecule has 0 aliphatic carbocycles. The van der Waals surface area contributed by atoms with Crippen LogP contribution < -0.4 is 29.5 Å². The number of carbonyl (C=O) groups is 1. The fraction of sp³-hybridized carbons (Fsp3) is 0.452. The number of carbonyl (C=O) groups excluding carboxylic acids is 1. The fourth-order valence-corrected chi connectivity index (χ4v) is 12.5. The number of esters is 1. The number of nitrogens with two attached hydrogens (primary N) is 1. The van der Waals surface area contributed by atoms with E-state index in [0.29, 0.717) is 46.6 Å². The molecule has 0 amide bonds. The lowest BCUT2D eigenvalue weighted by Crippen LogP contribution is -2.65. The van der Waals surface area contributed by atoms with E-state index in [-0.39, 0.29) is 48.6 Å². The van der Waals surface area contributed by atoms with Crippen molar-refractivity contribution in [3.63, 3.8) is 0 Å². The van der Waals surface area contributed by atoms with Crippen LogP contribution in [0.1, 0.15) is 68.9 Å². The standard InChI is InChI=1S/C42H47N5O8S/c1-19-12-23-13-24-15-46-29-16-52-21(3)42(41-26(10-11-47(42)43)27-14-25(50-6)8-9-28(27)44-41)17-56-40(34(46)33(45(24)5)30(23)35(49)36(19)51-7)32-31(29)39-38(53-18-54-39)20(2)37(32)55-22(4)48/h8-9,12,14,24,29,33-34,40,44,49H,3,10-11,13,15-18,43H2,1-2,4-7H3/t24-,29-,33-,34?,40+,42-/m0/s1. The van der Waals surface area contributed by atoms with Gasteiger partial charge in [-0.1, -0.05) is 12.6 Å². The summed E-state index contributed by atoms with van der Waals surface area (Å²) in [5, 5.41) is 14.7. The highest BCUT2D eigenvalue weighted by Gasteiger charge is 2.59. The number of aromatic hydroxyl groups is 1. The van der Waals surface area contributed by atoms with Crippen LogP contribution in [0.5, 0.6) is 34.5 Å². The number of phenolic OH excluding ortho intramolecular Hbond substituents is 1. The van der Waals surface area contributed by atoms with Crippen molar-refractivity contribution in [2.75, 3.05) is 53.5 Å². The van der Waals surface area contributed by atoms with Crippen molar-refractivity contribution in [2.45, 2.75) is 68.6 Å². The second kappa shape index (κ2) is 12.7. The Morgan fingerprint density at radius 3 is 2.66 bits per heavy atom. The highest BCUT2D eigenvalue weighted by molar-refractivity contribution is 7.99. The maximum atomic E-state index is 13.0. The van der Waals surface area contributed by atoms with Gasteiger partial charge in [0, 0.05) is 76.7 Å². The first-order valence-corrected chi connectivity index (χ1v) is 20.2. The number of thioether (sulfide) groups is 1. The maximum Gasteiger partial charge on any atom is 0.308 e. The van der Waals surface area contributed by atoms with Gasteiger partial charge in [0.25, 0.3) is 0 Å². The van der Waals surface area contributed by atoms with E-state index >= 15 is 0 Å². The number of ether oxygens (including phenoxy) is 6. The number of hydrogen-bond donors (Lipinski definition) is 3. The highest BCUT2D eigenvalue weighted by atomic mass is 32.2. The van der Waals surface area contributed by atoms with Gasteiger partial charge in [0.05, 0.1) is 31.6 Å². The van der Waals surface area contributed by atoms with Gasteiger partial charge in [0.2, 0.25) is 6.79 Å². The van der Waals surface area contributed by atoms with Crippen LogP contribution in [0.2, 0.25) is 0 Å². The van der Waals surface area contributed by atoms with Crippen molar-refractivity contribution in [2.24, 2.45) is 5.84 Å². The molecule has 0 radical (unpaired) electrons. The number of nitrogens with one attached hydrogen (secondary N) is 1. The summed E-state index contributed by atoms with van der Waals surface area (Å²) in [6.45, 7) is 11.6. The topological polar surface area (TPSA) is 144 Å². The first-order chi connectivity index (χ1) is 27.0. The molecule has 4 bridgehead atoms. The number of hydrogen-bond acceptors (Lipinski definition) is 13. The average Bonchev–Trinajstić information content (AvgIpc) is 3.81. The minimum atomic E-state index is -0.948. The lowest BCUT2D eigenvalue weighted by molar-refractivity contribution is -0.132. The molecule has 56 heavy (non-hydrogen) atoms. The van der Waals surface area contributed by atoms with E-state index < -0.39 is 11.5 Å². The number of hydrazine groups is 1. The molecule has 2 fully saturated rings. The zero-order valence-corrected chi connectivity index (χ0v) is 33.3. The molecule has 0 saturated carbocycles. The molecule has 6 atom stereocenters. The molecule has 7 aliphatic rings. The van der Waals surface area contributed by atoms with Crippen LogP contribution in [0, 0.1) is 13.8 Å². The number of aryl methyl sites for hydroxylation is 1. The molecule has 11 rings (SSSR count). The largest absolute Gasteiger partial charge is 0.504 e. The zero-order valence-electron chi connectivity index (χ0n) is 32.5. The number of rotatable bonds is 3. The van der Waals surface area contributed by atoms with Crippen molar-refractivity contribution in [3.05, 3.63) is 81.2 Å². The summed E-state index contributed by atoms with van der Waals surface area (Å²) in [5.74, 6) is 10.9. The Hall–Kier alpha value is -4.60. The van der Waals surface area contributed by atoms with E-state index in [4.69, 9.17) is 34.3 Å². The predicted octanol–water partition coefficient (Wildman–Crippen LogP) is 5.44. The number of phenols is 1. The molecule has 3 aromatic carbocycles. The van der Waals surface area contributed by atoms with E-state index in [2.05, 4.69) is 40.5 Å². The Morgan fingerprint density at radius 2 is 1.89 bits per heavy atom. The highest BCUT2D eigenvalue weighted by Crippen LogP contribution is 2.64. The molecule has 1 aromatic heterocycles. The minimum absolute atomic E-state index is 0.0568. The summed E-state index contributed by atoms with van der Waals surface area (Å²) in [6.07, 6.45) is 1.49. The quantitative estimate of drug-likeness (QED) is 0.138. The molecule has 7 aliphatic heterocycles. The number of H-pyrrole nitrogens is 1. The van der Waals surface area contributed by atoms with Gasteiger partial charge in [-0.05, 0) is 68.6 Å². The van der Waals surface area contributed by atoms with Gasteiger partial charge in [0.15, 0.2) is 23.0 Å². The zero-order chi connectivity index (χ0) is 38.9. The molecular formula is C42H47N5O8S. The first kappa shape index (κ1) is 35.8. The Morgan fingerprint density at radius 1 is 1.09 bits per heavy atom. The molecular weight excluding hydrogens is 735 g/mol. The van der Waals surface area contributed by atoms with E-state index in [1.807, 2.05) is 31.0 Å². The average molecular weight is 782 g/mol. The molecule has 4 aromatic rings. The molecule has 8 heterocycles. The van der Waals surface area contributed by atoms with Crippen LogP contribution in [0.25, 0.3) is 10.9 Å².